The Labute approximate surface area is 134 Å². The average molecular weight is 317 g/mol. The van der Waals surface area contributed by atoms with Crippen molar-refractivity contribution in [1.82, 2.24) is 15.0 Å². The van der Waals surface area contributed by atoms with Crippen LogP contribution in [0.2, 0.25) is 0 Å². The van der Waals surface area contributed by atoms with Gasteiger partial charge in [-0.05, 0) is 43.0 Å². The highest BCUT2D eigenvalue weighted by Gasteiger charge is 2.22. The molecule has 0 amide bonds. The molecule has 23 heavy (non-hydrogen) atoms. The zero-order valence-electron chi connectivity index (χ0n) is 12.9. The molecule has 0 aliphatic heterocycles. The summed E-state index contributed by atoms with van der Waals surface area (Å²) >= 11 is 0. The van der Waals surface area contributed by atoms with Crippen molar-refractivity contribution in [2.75, 3.05) is 0 Å². The summed E-state index contributed by atoms with van der Waals surface area (Å²) < 4.78 is 14.6. The minimum absolute atomic E-state index is 0.00913. The van der Waals surface area contributed by atoms with Gasteiger partial charge < -0.3 is 5.11 Å². The molecule has 1 fully saturated rings. The largest absolute Gasteiger partial charge is 0.476 e. The van der Waals surface area contributed by atoms with E-state index in [1.165, 1.54) is 48.9 Å². The topological polar surface area (TPSA) is 68.0 Å². The highest BCUT2D eigenvalue weighted by atomic mass is 19.1. The standard InChI is InChI=1S/C17H20FN3O2/c18-13-7-9-14(10-8-13)21-15(16(17(22)23)19-20-21)11-6-12-4-2-1-3-5-12/h7-10,12H,1-6,11H2,(H,22,23). The molecule has 1 heterocycles. The predicted octanol–water partition coefficient (Wildman–Crippen LogP) is 3.62. The molecule has 0 radical (unpaired) electrons. The molecule has 1 aliphatic carbocycles. The summed E-state index contributed by atoms with van der Waals surface area (Å²) in [5.74, 6) is -0.768. The molecule has 3 rings (SSSR count). The van der Waals surface area contributed by atoms with E-state index in [2.05, 4.69) is 10.3 Å². The second kappa shape index (κ2) is 6.89. The van der Waals surface area contributed by atoms with Crippen LogP contribution in [0.5, 0.6) is 0 Å². The van der Waals surface area contributed by atoms with E-state index in [0.29, 0.717) is 23.7 Å². The lowest BCUT2D eigenvalue weighted by molar-refractivity contribution is 0.0689. The molecule has 1 aromatic heterocycles. The summed E-state index contributed by atoms with van der Waals surface area (Å²) in [7, 11) is 0. The number of aromatic carboxylic acids is 1. The molecule has 122 valence electrons. The van der Waals surface area contributed by atoms with Gasteiger partial charge in [0.2, 0.25) is 0 Å². The van der Waals surface area contributed by atoms with Crippen LogP contribution in [0.15, 0.2) is 24.3 Å². The Morgan fingerprint density at radius 1 is 1.22 bits per heavy atom. The molecule has 1 saturated carbocycles. The summed E-state index contributed by atoms with van der Waals surface area (Å²) in [6.07, 6.45) is 7.79. The van der Waals surface area contributed by atoms with Crippen molar-refractivity contribution in [2.24, 2.45) is 5.92 Å². The second-order valence-corrected chi connectivity index (χ2v) is 6.12. The first kappa shape index (κ1) is 15.6. The average Bonchev–Trinajstić information content (AvgIpc) is 2.99. The van der Waals surface area contributed by atoms with Crippen LogP contribution in [0, 0.1) is 11.7 Å². The van der Waals surface area contributed by atoms with Crippen LogP contribution in [0.4, 0.5) is 4.39 Å². The highest BCUT2D eigenvalue weighted by molar-refractivity contribution is 5.86. The van der Waals surface area contributed by atoms with Gasteiger partial charge in [0.05, 0.1) is 11.4 Å². The minimum atomic E-state index is -1.07. The van der Waals surface area contributed by atoms with Crippen molar-refractivity contribution in [3.05, 3.63) is 41.5 Å². The lowest BCUT2D eigenvalue weighted by Crippen LogP contribution is -2.12. The number of halogens is 1. The molecule has 0 atom stereocenters. The smallest absolute Gasteiger partial charge is 0.358 e. The van der Waals surface area contributed by atoms with E-state index in [4.69, 9.17) is 0 Å². The Hall–Kier alpha value is -2.24. The summed E-state index contributed by atoms with van der Waals surface area (Å²) in [6, 6.07) is 5.84. The highest BCUT2D eigenvalue weighted by Crippen LogP contribution is 2.28. The Balaban J connectivity index is 1.84. The minimum Gasteiger partial charge on any atom is -0.476 e. The number of aromatic nitrogens is 3. The molecule has 0 bridgehead atoms. The molecule has 1 aromatic carbocycles. The number of hydrogen-bond acceptors (Lipinski definition) is 3. The fourth-order valence-electron chi connectivity index (χ4n) is 3.30. The van der Waals surface area contributed by atoms with Gasteiger partial charge in [-0.25, -0.2) is 13.9 Å². The van der Waals surface area contributed by atoms with E-state index >= 15 is 0 Å². The zero-order chi connectivity index (χ0) is 16.2. The molecule has 0 spiro atoms. The van der Waals surface area contributed by atoms with Crippen LogP contribution in [0.3, 0.4) is 0 Å². The van der Waals surface area contributed by atoms with Crippen molar-refractivity contribution in [1.29, 1.82) is 0 Å². The van der Waals surface area contributed by atoms with Gasteiger partial charge in [-0.3, -0.25) is 0 Å². The van der Waals surface area contributed by atoms with E-state index < -0.39 is 5.97 Å². The van der Waals surface area contributed by atoms with Gasteiger partial charge in [-0.2, -0.15) is 0 Å². The molecule has 2 aromatic rings. The van der Waals surface area contributed by atoms with Crippen LogP contribution in [-0.2, 0) is 6.42 Å². The lowest BCUT2D eigenvalue weighted by atomic mass is 9.85. The van der Waals surface area contributed by atoms with Crippen molar-refractivity contribution in [3.8, 4) is 5.69 Å². The lowest BCUT2D eigenvalue weighted by Gasteiger charge is -2.21. The number of rotatable bonds is 5. The van der Waals surface area contributed by atoms with Crippen molar-refractivity contribution >= 4 is 5.97 Å². The number of carbonyl (C=O) groups is 1. The van der Waals surface area contributed by atoms with E-state index in [1.807, 2.05) is 0 Å². The fraction of sp³-hybridized carbons (Fsp3) is 0.471. The first-order valence-corrected chi connectivity index (χ1v) is 8.09. The van der Waals surface area contributed by atoms with Gasteiger partial charge in [-0.1, -0.05) is 37.3 Å². The van der Waals surface area contributed by atoms with Gasteiger partial charge in [-0.15, -0.1) is 5.10 Å². The third-order valence-corrected chi connectivity index (χ3v) is 4.55. The number of benzene rings is 1. The Morgan fingerprint density at radius 2 is 1.91 bits per heavy atom. The zero-order valence-corrected chi connectivity index (χ0v) is 12.9. The van der Waals surface area contributed by atoms with Crippen LogP contribution < -0.4 is 0 Å². The van der Waals surface area contributed by atoms with Crippen LogP contribution >= 0.6 is 0 Å². The van der Waals surface area contributed by atoms with Gasteiger partial charge in [0.25, 0.3) is 0 Å². The first-order valence-electron chi connectivity index (χ1n) is 8.09. The van der Waals surface area contributed by atoms with Crippen LogP contribution in [0.1, 0.15) is 54.7 Å². The molecule has 5 nitrogen and oxygen atoms in total. The molecule has 1 N–H and O–H groups in total. The van der Waals surface area contributed by atoms with Gasteiger partial charge in [0, 0.05) is 0 Å². The maximum atomic E-state index is 13.1. The van der Waals surface area contributed by atoms with Crippen LogP contribution in [0.25, 0.3) is 5.69 Å². The van der Waals surface area contributed by atoms with Crippen molar-refractivity contribution in [3.63, 3.8) is 0 Å². The van der Waals surface area contributed by atoms with E-state index in [9.17, 15) is 14.3 Å². The quantitative estimate of drug-likeness (QED) is 0.914. The number of carboxylic acids is 1. The monoisotopic (exact) mass is 317 g/mol. The number of carboxylic acid groups (broad SMARTS) is 1. The van der Waals surface area contributed by atoms with Gasteiger partial charge in [0.15, 0.2) is 5.69 Å². The molecular formula is C17H20FN3O2. The first-order chi connectivity index (χ1) is 11.1. The van der Waals surface area contributed by atoms with Gasteiger partial charge in [0.1, 0.15) is 5.82 Å². The van der Waals surface area contributed by atoms with E-state index in [1.54, 1.807) is 12.1 Å². The fourth-order valence-corrected chi connectivity index (χ4v) is 3.30. The predicted molar refractivity (Wildman–Crippen MR) is 83.2 cm³/mol. The normalized spacial score (nSPS) is 15.7. The maximum Gasteiger partial charge on any atom is 0.358 e. The second-order valence-electron chi connectivity index (χ2n) is 6.12. The van der Waals surface area contributed by atoms with E-state index in [0.717, 1.165) is 6.42 Å². The molecule has 6 heteroatoms. The van der Waals surface area contributed by atoms with Gasteiger partial charge >= 0.3 is 5.97 Å². The third kappa shape index (κ3) is 3.57. The maximum absolute atomic E-state index is 13.1. The Kier molecular flexibility index (Phi) is 4.69. The molecule has 0 saturated heterocycles. The molecule has 0 unspecified atom stereocenters. The molecular weight excluding hydrogens is 297 g/mol. The van der Waals surface area contributed by atoms with Crippen molar-refractivity contribution in [2.45, 2.75) is 44.9 Å². The number of nitrogens with zero attached hydrogens (tertiary/aromatic N) is 3. The Bertz CT molecular complexity index is 676. The number of hydrogen-bond donors (Lipinski definition) is 1. The summed E-state index contributed by atoms with van der Waals surface area (Å²) in [6.45, 7) is 0. The molecule has 1 aliphatic rings. The van der Waals surface area contributed by atoms with E-state index in [-0.39, 0.29) is 11.5 Å². The SMILES string of the molecule is O=C(O)c1nnn(-c2ccc(F)cc2)c1CCC1CCCCC1. The van der Waals surface area contributed by atoms with Crippen LogP contribution in [-0.4, -0.2) is 26.1 Å². The summed E-state index contributed by atoms with van der Waals surface area (Å²) in [4.78, 5) is 11.4. The van der Waals surface area contributed by atoms with Crippen molar-refractivity contribution < 1.29 is 14.3 Å². The summed E-state index contributed by atoms with van der Waals surface area (Å²) in [5, 5.41) is 17.1. The summed E-state index contributed by atoms with van der Waals surface area (Å²) in [5.41, 5.74) is 1.21. The third-order valence-electron chi connectivity index (χ3n) is 4.55. The Morgan fingerprint density at radius 3 is 2.57 bits per heavy atom.